The van der Waals surface area contributed by atoms with Crippen molar-refractivity contribution in [2.45, 2.75) is 57.9 Å². The third-order valence-corrected chi connectivity index (χ3v) is 4.61. The second-order valence-corrected chi connectivity index (χ2v) is 6.63. The third-order valence-electron chi connectivity index (χ3n) is 4.61. The van der Waals surface area contributed by atoms with Crippen LogP contribution in [0, 0.1) is 5.92 Å². The summed E-state index contributed by atoms with van der Waals surface area (Å²) in [5.74, 6) is 0.905. The fourth-order valence-electron chi connectivity index (χ4n) is 3.23. The molecule has 20 heavy (non-hydrogen) atoms. The van der Waals surface area contributed by atoms with E-state index in [2.05, 4.69) is 43.5 Å². The van der Waals surface area contributed by atoms with E-state index in [0.717, 1.165) is 31.8 Å². The lowest BCUT2D eigenvalue weighted by molar-refractivity contribution is -0.120. The zero-order valence-electron chi connectivity index (χ0n) is 13.8. The Morgan fingerprint density at radius 3 is 2.75 bits per heavy atom. The van der Waals surface area contributed by atoms with Crippen molar-refractivity contribution in [2.24, 2.45) is 5.92 Å². The highest BCUT2D eigenvalue weighted by Gasteiger charge is 2.36. The van der Waals surface area contributed by atoms with E-state index in [4.69, 9.17) is 0 Å². The minimum Gasteiger partial charge on any atom is -0.355 e. The first-order chi connectivity index (χ1) is 9.50. The van der Waals surface area contributed by atoms with Gasteiger partial charge in [-0.2, -0.15) is 0 Å². The van der Waals surface area contributed by atoms with Crippen molar-refractivity contribution in [2.75, 3.05) is 33.7 Å². The molecule has 0 aromatic carbocycles. The van der Waals surface area contributed by atoms with Crippen molar-refractivity contribution in [3.8, 4) is 0 Å². The zero-order chi connectivity index (χ0) is 15.0. The number of carbonyl (C=O) groups is 1. The molecule has 2 atom stereocenters. The highest BCUT2D eigenvalue weighted by atomic mass is 16.1. The Balaban J connectivity index is 2.34. The van der Waals surface area contributed by atoms with Gasteiger partial charge in [0.05, 0.1) is 6.54 Å². The first-order valence-electron chi connectivity index (χ1n) is 8.15. The second-order valence-electron chi connectivity index (χ2n) is 6.63. The first-order valence-corrected chi connectivity index (χ1v) is 8.15. The molecular weight excluding hydrogens is 250 g/mol. The van der Waals surface area contributed by atoms with Crippen LogP contribution < -0.4 is 10.6 Å². The van der Waals surface area contributed by atoms with Crippen molar-refractivity contribution in [3.63, 3.8) is 0 Å². The quantitative estimate of drug-likeness (QED) is 0.670. The van der Waals surface area contributed by atoms with Crippen LogP contribution in [0.1, 0.15) is 52.4 Å². The summed E-state index contributed by atoms with van der Waals surface area (Å²) in [6.07, 6.45) is 7.27. The maximum Gasteiger partial charge on any atom is 0.233 e. The maximum absolute atomic E-state index is 11.7. The topological polar surface area (TPSA) is 44.4 Å². The van der Waals surface area contributed by atoms with E-state index in [9.17, 15) is 4.79 Å². The van der Waals surface area contributed by atoms with Crippen LogP contribution in [0.15, 0.2) is 0 Å². The van der Waals surface area contributed by atoms with Gasteiger partial charge in [-0.3, -0.25) is 4.79 Å². The van der Waals surface area contributed by atoms with E-state index < -0.39 is 0 Å². The summed E-state index contributed by atoms with van der Waals surface area (Å²) in [6, 6.07) is 0. The van der Waals surface area contributed by atoms with E-state index >= 15 is 0 Å². The summed E-state index contributed by atoms with van der Waals surface area (Å²) < 4.78 is 0. The fourth-order valence-corrected chi connectivity index (χ4v) is 3.23. The number of hydrogen-bond donors (Lipinski definition) is 2. The number of rotatable bonds is 8. The molecule has 0 aliphatic heterocycles. The molecule has 0 aromatic rings. The first kappa shape index (κ1) is 17.4. The predicted molar refractivity (Wildman–Crippen MR) is 84.8 cm³/mol. The number of hydrogen-bond acceptors (Lipinski definition) is 3. The lowest BCUT2D eigenvalue weighted by Crippen LogP contribution is -2.55. The molecule has 1 aliphatic carbocycles. The van der Waals surface area contributed by atoms with Crippen molar-refractivity contribution >= 4 is 5.91 Å². The highest BCUT2D eigenvalue weighted by molar-refractivity contribution is 5.77. The molecule has 0 heterocycles. The summed E-state index contributed by atoms with van der Waals surface area (Å²) in [6.45, 7) is 6.62. The van der Waals surface area contributed by atoms with Crippen LogP contribution >= 0.6 is 0 Å². The fraction of sp³-hybridized carbons (Fsp3) is 0.938. The molecule has 2 N–H and O–H groups in total. The molecule has 1 rings (SSSR count). The second kappa shape index (κ2) is 8.63. The average Bonchev–Trinajstić information content (AvgIpc) is 2.39. The molecule has 1 aliphatic rings. The van der Waals surface area contributed by atoms with Gasteiger partial charge in [-0.15, -0.1) is 0 Å². The minimum atomic E-state index is 0.121. The predicted octanol–water partition coefficient (Wildman–Crippen LogP) is 2.00. The highest BCUT2D eigenvalue weighted by Crippen LogP contribution is 2.35. The molecule has 0 radical (unpaired) electrons. The maximum atomic E-state index is 11.7. The van der Waals surface area contributed by atoms with Crippen LogP contribution in [0.5, 0.6) is 0 Å². The van der Waals surface area contributed by atoms with Gasteiger partial charge in [0.1, 0.15) is 0 Å². The summed E-state index contributed by atoms with van der Waals surface area (Å²) >= 11 is 0. The van der Waals surface area contributed by atoms with Gasteiger partial charge < -0.3 is 15.5 Å². The molecule has 0 spiro atoms. The summed E-state index contributed by atoms with van der Waals surface area (Å²) in [5, 5.41) is 6.33. The standard InChI is InChI=1S/C16H33N3O/c1-5-6-10-18-15(20)12-17-13-16(19(3)4)9-7-8-14(2)11-16/h14,17H,5-13H2,1-4H3,(H,18,20). The number of likely N-dealkylation sites (N-methyl/N-ethyl adjacent to an activating group) is 1. The number of nitrogens with one attached hydrogen (secondary N) is 2. The normalized spacial score (nSPS) is 26.8. The Morgan fingerprint density at radius 2 is 2.15 bits per heavy atom. The Kier molecular flexibility index (Phi) is 7.52. The number of nitrogens with zero attached hydrogens (tertiary/aromatic N) is 1. The molecule has 2 unspecified atom stereocenters. The summed E-state index contributed by atoms with van der Waals surface area (Å²) in [7, 11) is 4.34. The number of unbranched alkanes of at least 4 members (excludes halogenated alkanes) is 1. The van der Waals surface area contributed by atoms with Crippen molar-refractivity contribution in [1.29, 1.82) is 0 Å². The molecule has 0 aromatic heterocycles. The Hall–Kier alpha value is -0.610. The zero-order valence-corrected chi connectivity index (χ0v) is 13.8. The SMILES string of the molecule is CCCCNC(=O)CNCC1(N(C)C)CCCC(C)C1. The summed E-state index contributed by atoms with van der Waals surface area (Å²) in [4.78, 5) is 14.1. The molecule has 1 amide bonds. The lowest BCUT2D eigenvalue weighted by Gasteiger charge is -2.45. The van der Waals surface area contributed by atoms with Crippen LogP contribution in [-0.2, 0) is 4.79 Å². The van der Waals surface area contributed by atoms with Crippen LogP contribution in [0.3, 0.4) is 0 Å². The lowest BCUT2D eigenvalue weighted by atomic mass is 9.75. The summed E-state index contributed by atoms with van der Waals surface area (Å²) in [5.41, 5.74) is 0.224. The van der Waals surface area contributed by atoms with E-state index in [0.29, 0.717) is 6.54 Å². The molecule has 0 bridgehead atoms. The van der Waals surface area contributed by atoms with Crippen LogP contribution in [-0.4, -0.2) is 50.1 Å². The molecular formula is C16H33N3O. The van der Waals surface area contributed by atoms with Crippen molar-refractivity contribution in [1.82, 2.24) is 15.5 Å². The van der Waals surface area contributed by atoms with Crippen LogP contribution in [0.2, 0.25) is 0 Å². The van der Waals surface area contributed by atoms with Gasteiger partial charge in [0, 0.05) is 18.6 Å². The van der Waals surface area contributed by atoms with E-state index in [-0.39, 0.29) is 11.4 Å². The van der Waals surface area contributed by atoms with Crippen molar-refractivity contribution < 1.29 is 4.79 Å². The largest absolute Gasteiger partial charge is 0.355 e. The van der Waals surface area contributed by atoms with Gasteiger partial charge in [0.2, 0.25) is 5.91 Å². The Labute approximate surface area is 124 Å². The minimum absolute atomic E-state index is 0.121. The average molecular weight is 283 g/mol. The van der Waals surface area contributed by atoms with Crippen LogP contribution in [0.25, 0.3) is 0 Å². The van der Waals surface area contributed by atoms with E-state index in [1.165, 1.54) is 25.7 Å². The van der Waals surface area contributed by atoms with Gasteiger partial charge in [0.25, 0.3) is 0 Å². The molecule has 4 nitrogen and oxygen atoms in total. The monoisotopic (exact) mass is 283 g/mol. The van der Waals surface area contributed by atoms with Gasteiger partial charge in [-0.25, -0.2) is 0 Å². The Morgan fingerprint density at radius 1 is 1.40 bits per heavy atom. The molecule has 118 valence electrons. The van der Waals surface area contributed by atoms with Gasteiger partial charge in [-0.1, -0.05) is 33.1 Å². The van der Waals surface area contributed by atoms with Gasteiger partial charge in [0.15, 0.2) is 0 Å². The van der Waals surface area contributed by atoms with Crippen LogP contribution in [0.4, 0.5) is 0 Å². The van der Waals surface area contributed by atoms with E-state index in [1.807, 2.05) is 0 Å². The smallest absolute Gasteiger partial charge is 0.233 e. The van der Waals surface area contributed by atoms with Crippen molar-refractivity contribution in [3.05, 3.63) is 0 Å². The molecule has 0 saturated heterocycles. The third kappa shape index (κ3) is 5.41. The molecule has 1 fully saturated rings. The van der Waals surface area contributed by atoms with Gasteiger partial charge in [-0.05, 0) is 39.3 Å². The number of amides is 1. The number of carbonyl (C=O) groups excluding carboxylic acids is 1. The molecule has 1 saturated carbocycles. The Bertz CT molecular complexity index is 293. The van der Waals surface area contributed by atoms with E-state index in [1.54, 1.807) is 0 Å². The molecule has 4 heteroatoms. The van der Waals surface area contributed by atoms with Gasteiger partial charge >= 0.3 is 0 Å².